The fraction of sp³-hybridized carbons (Fsp3) is 0.455. The fourth-order valence-electron chi connectivity index (χ4n) is 4.62. The topological polar surface area (TPSA) is 57.3 Å². The number of nitrogens with one attached hydrogen (secondary N) is 2. The van der Waals surface area contributed by atoms with Crippen molar-refractivity contribution in [2.24, 2.45) is 5.92 Å². The number of carbonyl (C=O) groups excluding carboxylic acids is 1. The number of anilines is 1. The maximum Gasteiger partial charge on any atom is 0.224 e. The Labute approximate surface area is 161 Å². The highest BCUT2D eigenvalue weighted by molar-refractivity contribution is 5.80. The van der Waals surface area contributed by atoms with Crippen molar-refractivity contribution in [1.82, 2.24) is 15.2 Å². The van der Waals surface area contributed by atoms with Crippen LogP contribution in [-0.4, -0.2) is 41.5 Å². The summed E-state index contributed by atoms with van der Waals surface area (Å²) in [6.45, 7) is 4.44. The fourth-order valence-corrected chi connectivity index (χ4v) is 4.62. The van der Waals surface area contributed by atoms with Crippen LogP contribution in [0.5, 0.6) is 0 Å². The van der Waals surface area contributed by atoms with Gasteiger partial charge in [0.2, 0.25) is 5.91 Å². The molecular formula is C22H28N4O. The molecule has 2 aromatic rings. The number of amides is 1. The first-order valence-corrected chi connectivity index (χ1v) is 9.98. The minimum Gasteiger partial charge on any atom is -0.368 e. The second-order valence-electron chi connectivity index (χ2n) is 7.60. The first-order valence-electron chi connectivity index (χ1n) is 9.98. The van der Waals surface area contributed by atoms with Crippen LogP contribution in [0.25, 0.3) is 0 Å². The van der Waals surface area contributed by atoms with E-state index < -0.39 is 0 Å². The zero-order chi connectivity index (χ0) is 18.6. The van der Waals surface area contributed by atoms with E-state index in [-0.39, 0.29) is 11.8 Å². The van der Waals surface area contributed by atoms with Crippen LogP contribution in [-0.2, 0) is 4.79 Å². The molecule has 2 saturated heterocycles. The molecule has 1 aromatic heterocycles. The molecule has 4 rings (SSSR count). The summed E-state index contributed by atoms with van der Waals surface area (Å²) in [6, 6.07) is 15.4. The van der Waals surface area contributed by atoms with Gasteiger partial charge >= 0.3 is 0 Å². The Kier molecular flexibility index (Phi) is 5.39. The highest BCUT2D eigenvalue weighted by Gasteiger charge is 2.46. The highest BCUT2D eigenvalue weighted by atomic mass is 16.2. The van der Waals surface area contributed by atoms with Crippen LogP contribution in [0.1, 0.15) is 36.4 Å². The number of aromatic nitrogens is 1. The van der Waals surface area contributed by atoms with Crippen LogP contribution in [0.2, 0.25) is 0 Å². The highest BCUT2D eigenvalue weighted by Crippen LogP contribution is 2.44. The van der Waals surface area contributed by atoms with Gasteiger partial charge in [0.15, 0.2) is 0 Å². The van der Waals surface area contributed by atoms with Gasteiger partial charge in [0.1, 0.15) is 5.82 Å². The molecule has 2 aliphatic heterocycles. The Bertz CT molecular complexity index is 779. The first kappa shape index (κ1) is 18.0. The molecule has 0 bridgehead atoms. The predicted molar refractivity (Wildman–Crippen MR) is 107 cm³/mol. The lowest BCUT2D eigenvalue weighted by Crippen LogP contribution is -2.39. The van der Waals surface area contributed by atoms with Gasteiger partial charge in [-0.25, -0.2) is 4.98 Å². The summed E-state index contributed by atoms with van der Waals surface area (Å²) < 4.78 is 0. The zero-order valence-electron chi connectivity index (χ0n) is 15.9. The van der Waals surface area contributed by atoms with Crippen LogP contribution in [0.4, 0.5) is 5.82 Å². The summed E-state index contributed by atoms with van der Waals surface area (Å²) >= 11 is 0. The van der Waals surface area contributed by atoms with Gasteiger partial charge in [-0.3, -0.25) is 9.69 Å². The molecule has 2 fully saturated rings. The van der Waals surface area contributed by atoms with Crippen molar-refractivity contribution in [3.05, 3.63) is 59.8 Å². The smallest absolute Gasteiger partial charge is 0.224 e. The summed E-state index contributed by atoms with van der Waals surface area (Å²) in [4.78, 5) is 19.7. The van der Waals surface area contributed by atoms with E-state index in [1.807, 2.05) is 19.1 Å². The lowest BCUT2D eigenvalue weighted by Gasteiger charge is -2.24. The SMILES string of the molecule is Cc1cccnc1NCCNC(=O)[C@@H]1C[C@H](c2ccccc2)N2CCC[C@@H]12. The van der Waals surface area contributed by atoms with Crippen molar-refractivity contribution in [1.29, 1.82) is 0 Å². The maximum absolute atomic E-state index is 12.9. The van der Waals surface area contributed by atoms with Gasteiger partial charge < -0.3 is 10.6 Å². The van der Waals surface area contributed by atoms with Crippen molar-refractivity contribution in [2.45, 2.75) is 38.3 Å². The average molecular weight is 364 g/mol. The van der Waals surface area contributed by atoms with Crippen LogP contribution in [0.15, 0.2) is 48.7 Å². The second-order valence-corrected chi connectivity index (χ2v) is 7.60. The van der Waals surface area contributed by atoms with Gasteiger partial charge in [-0.05, 0) is 49.9 Å². The van der Waals surface area contributed by atoms with Crippen LogP contribution in [0, 0.1) is 12.8 Å². The standard InChI is InChI=1S/C22H28N4O/c1-16-7-5-11-23-21(16)24-12-13-25-22(27)18-15-20(17-8-3-2-4-9-17)26-14-6-10-19(18)26/h2-5,7-9,11,18-20H,6,10,12-15H2,1H3,(H,23,24)(H,25,27)/t18-,19+,20-/m1/s1. The molecule has 0 spiro atoms. The Morgan fingerprint density at radius 3 is 2.85 bits per heavy atom. The quantitative estimate of drug-likeness (QED) is 0.773. The molecule has 3 heterocycles. The van der Waals surface area contributed by atoms with Gasteiger partial charge in [-0.1, -0.05) is 36.4 Å². The molecule has 0 unspecified atom stereocenters. The molecule has 0 radical (unpaired) electrons. The van der Waals surface area contributed by atoms with Crippen LogP contribution in [0.3, 0.4) is 0 Å². The lowest BCUT2D eigenvalue weighted by atomic mass is 9.93. The summed E-state index contributed by atoms with van der Waals surface area (Å²) in [5.74, 6) is 1.18. The molecule has 1 amide bonds. The van der Waals surface area contributed by atoms with E-state index in [1.54, 1.807) is 6.20 Å². The molecular weight excluding hydrogens is 336 g/mol. The van der Waals surface area contributed by atoms with E-state index in [2.05, 4.69) is 50.8 Å². The molecule has 5 heteroatoms. The summed E-state index contributed by atoms with van der Waals surface area (Å²) in [7, 11) is 0. The molecule has 5 nitrogen and oxygen atoms in total. The number of hydrogen-bond acceptors (Lipinski definition) is 4. The minimum absolute atomic E-state index is 0.0919. The van der Waals surface area contributed by atoms with Gasteiger partial charge in [0, 0.05) is 31.4 Å². The molecule has 3 atom stereocenters. The van der Waals surface area contributed by atoms with Gasteiger partial charge in [-0.15, -0.1) is 0 Å². The Hall–Kier alpha value is -2.40. The third kappa shape index (κ3) is 3.83. The third-order valence-electron chi connectivity index (χ3n) is 5.93. The molecule has 0 aliphatic carbocycles. The van der Waals surface area contributed by atoms with E-state index in [0.29, 0.717) is 25.2 Å². The van der Waals surface area contributed by atoms with Crippen molar-refractivity contribution < 1.29 is 4.79 Å². The van der Waals surface area contributed by atoms with Crippen molar-refractivity contribution >= 4 is 11.7 Å². The minimum atomic E-state index is 0.0919. The maximum atomic E-state index is 12.9. The Morgan fingerprint density at radius 1 is 1.19 bits per heavy atom. The van der Waals surface area contributed by atoms with E-state index >= 15 is 0 Å². The van der Waals surface area contributed by atoms with E-state index in [1.165, 1.54) is 12.0 Å². The summed E-state index contributed by atoms with van der Waals surface area (Å²) in [5.41, 5.74) is 2.46. The summed E-state index contributed by atoms with van der Waals surface area (Å²) in [6.07, 6.45) is 5.03. The van der Waals surface area contributed by atoms with E-state index in [4.69, 9.17) is 0 Å². The van der Waals surface area contributed by atoms with Crippen molar-refractivity contribution in [2.75, 3.05) is 25.0 Å². The number of aryl methyl sites for hydroxylation is 1. The predicted octanol–water partition coefficient (Wildman–Crippen LogP) is 3.14. The number of carbonyl (C=O) groups is 1. The molecule has 142 valence electrons. The van der Waals surface area contributed by atoms with E-state index in [9.17, 15) is 4.79 Å². The number of hydrogen-bond donors (Lipinski definition) is 2. The number of fused-ring (bicyclic) bond motifs is 1. The largest absolute Gasteiger partial charge is 0.368 e. The number of rotatable bonds is 6. The lowest BCUT2D eigenvalue weighted by molar-refractivity contribution is -0.125. The summed E-state index contributed by atoms with van der Waals surface area (Å²) in [5, 5.41) is 6.45. The number of benzene rings is 1. The first-order chi connectivity index (χ1) is 13.2. The molecule has 1 aromatic carbocycles. The number of pyridine rings is 1. The van der Waals surface area contributed by atoms with Crippen LogP contribution >= 0.6 is 0 Å². The normalized spacial score (nSPS) is 24.6. The van der Waals surface area contributed by atoms with Gasteiger partial charge in [-0.2, -0.15) is 0 Å². The third-order valence-corrected chi connectivity index (χ3v) is 5.93. The Morgan fingerprint density at radius 2 is 2.04 bits per heavy atom. The van der Waals surface area contributed by atoms with Crippen molar-refractivity contribution in [3.8, 4) is 0 Å². The molecule has 0 saturated carbocycles. The average Bonchev–Trinajstić information content (AvgIpc) is 3.30. The molecule has 2 N–H and O–H groups in total. The second kappa shape index (κ2) is 8.09. The Balaban J connectivity index is 1.33. The zero-order valence-corrected chi connectivity index (χ0v) is 15.9. The monoisotopic (exact) mass is 364 g/mol. The van der Waals surface area contributed by atoms with Gasteiger partial charge in [0.05, 0.1) is 5.92 Å². The molecule has 2 aliphatic rings. The van der Waals surface area contributed by atoms with Crippen molar-refractivity contribution in [3.63, 3.8) is 0 Å². The number of nitrogens with zero attached hydrogens (tertiary/aromatic N) is 2. The van der Waals surface area contributed by atoms with E-state index in [0.717, 1.165) is 30.8 Å². The van der Waals surface area contributed by atoms with Crippen LogP contribution < -0.4 is 10.6 Å². The van der Waals surface area contributed by atoms with Gasteiger partial charge in [0.25, 0.3) is 0 Å². The molecule has 27 heavy (non-hydrogen) atoms.